The molecule has 126 valence electrons. The Balaban J connectivity index is 2.17. The van der Waals surface area contributed by atoms with Gasteiger partial charge < -0.3 is 15.0 Å². The van der Waals surface area contributed by atoms with Gasteiger partial charge in [0.25, 0.3) is 0 Å². The van der Waals surface area contributed by atoms with Crippen molar-refractivity contribution >= 4 is 11.8 Å². The Morgan fingerprint density at radius 3 is 2.87 bits per heavy atom. The molecule has 1 fully saturated rings. The van der Waals surface area contributed by atoms with Crippen LogP contribution in [-0.4, -0.2) is 44.0 Å². The van der Waals surface area contributed by atoms with Gasteiger partial charge in [-0.15, -0.1) is 0 Å². The van der Waals surface area contributed by atoms with Crippen LogP contribution in [0.3, 0.4) is 0 Å². The molecular formula is C17H23FN2O3. The smallest absolute Gasteiger partial charge is 0.225 e. The van der Waals surface area contributed by atoms with E-state index in [9.17, 15) is 14.0 Å². The molecule has 1 aliphatic rings. The molecule has 1 aliphatic heterocycles. The third-order valence-electron chi connectivity index (χ3n) is 4.25. The summed E-state index contributed by atoms with van der Waals surface area (Å²) in [6, 6.07) is 5.75. The van der Waals surface area contributed by atoms with Crippen LogP contribution in [0.1, 0.15) is 30.9 Å². The summed E-state index contributed by atoms with van der Waals surface area (Å²) in [5.74, 6) is -1.05. The number of amides is 2. The number of carbonyl (C=O) groups is 2. The fourth-order valence-electron chi connectivity index (χ4n) is 3.01. The first-order valence-electron chi connectivity index (χ1n) is 7.83. The number of nitrogens with one attached hydrogen (secondary N) is 1. The van der Waals surface area contributed by atoms with Gasteiger partial charge in [0.15, 0.2) is 0 Å². The second kappa shape index (κ2) is 8.06. The van der Waals surface area contributed by atoms with Crippen LogP contribution in [0.4, 0.5) is 4.39 Å². The number of rotatable bonds is 6. The quantitative estimate of drug-likeness (QED) is 0.814. The number of likely N-dealkylation sites (tertiary alicyclic amines) is 1. The van der Waals surface area contributed by atoms with E-state index in [4.69, 9.17) is 4.74 Å². The van der Waals surface area contributed by atoms with Gasteiger partial charge >= 0.3 is 0 Å². The number of carbonyl (C=O) groups excluding carboxylic acids is 2. The average Bonchev–Trinajstić information content (AvgIpc) is 2.55. The molecule has 1 heterocycles. The number of halogens is 1. The van der Waals surface area contributed by atoms with Gasteiger partial charge in [-0.05, 0) is 18.9 Å². The highest BCUT2D eigenvalue weighted by Crippen LogP contribution is 2.36. The van der Waals surface area contributed by atoms with Gasteiger partial charge in [-0.1, -0.05) is 18.2 Å². The van der Waals surface area contributed by atoms with E-state index in [0.29, 0.717) is 38.0 Å². The van der Waals surface area contributed by atoms with Crippen molar-refractivity contribution in [3.8, 4) is 0 Å². The standard InChI is InChI=1S/C17H23FN2O3/c1-20-15(21)9-8-13(17(22)19-10-5-11-23-2)16(20)12-6-3-4-7-14(12)18/h3-4,6-7,13,16H,5,8-11H2,1-2H3,(H,19,22)/t13-,16-/m0/s1. The second-order valence-corrected chi connectivity index (χ2v) is 5.75. The lowest BCUT2D eigenvalue weighted by molar-refractivity contribution is -0.141. The van der Waals surface area contributed by atoms with Crippen molar-refractivity contribution in [2.45, 2.75) is 25.3 Å². The van der Waals surface area contributed by atoms with Gasteiger partial charge in [-0.25, -0.2) is 4.39 Å². The maximum absolute atomic E-state index is 14.2. The molecule has 0 spiro atoms. The molecule has 5 nitrogen and oxygen atoms in total. The molecular weight excluding hydrogens is 299 g/mol. The minimum atomic E-state index is -0.570. The summed E-state index contributed by atoms with van der Waals surface area (Å²) in [5.41, 5.74) is 0.389. The number of ether oxygens (including phenoxy) is 1. The number of hydrogen-bond donors (Lipinski definition) is 1. The Kier molecular flexibility index (Phi) is 6.10. The largest absolute Gasteiger partial charge is 0.385 e. The van der Waals surface area contributed by atoms with E-state index in [0.717, 1.165) is 0 Å². The van der Waals surface area contributed by atoms with Crippen molar-refractivity contribution in [3.05, 3.63) is 35.6 Å². The number of methoxy groups -OCH3 is 1. The lowest BCUT2D eigenvalue weighted by atomic mass is 9.83. The van der Waals surface area contributed by atoms with E-state index in [1.165, 1.54) is 11.0 Å². The summed E-state index contributed by atoms with van der Waals surface area (Å²) < 4.78 is 19.1. The maximum atomic E-state index is 14.2. The van der Waals surface area contributed by atoms with E-state index in [-0.39, 0.29) is 11.8 Å². The fraction of sp³-hybridized carbons (Fsp3) is 0.529. The zero-order chi connectivity index (χ0) is 16.8. The number of nitrogens with zero attached hydrogens (tertiary/aromatic N) is 1. The summed E-state index contributed by atoms with van der Waals surface area (Å²) in [6.07, 6.45) is 1.45. The van der Waals surface area contributed by atoms with Crippen LogP contribution in [0.5, 0.6) is 0 Å². The summed E-state index contributed by atoms with van der Waals surface area (Å²) >= 11 is 0. The SMILES string of the molecule is COCCCNC(=O)[C@H]1CCC(=O)N(C)[C@H]1c1ccccc1F. The first-order valence-corrected chi connectivity index (χ1v) is 7.83. The third kappa shape index (κ3) is 4.07. The van der Waals surface area contributed by atoms with Gasteiger partial charge in [0.1, 0.15) is 5.82 Å². The molecule has 1 saturated heterocycles. The fourth-order valence-corrected chi connectivity index (χ4v) is 3.01. The van der Waals surface area contributed by atoms with Crippen molar-refractivity contribution in [2.75, 3.05) is 27.3 Å². The highest BCUT2D eigenvalue weighted by Gasteiger charge is 2.39. The highest BCUT2D eigenvalue weighted by molar-refractivity contribution is 5.84. The number of hydrogen-bond acceptors (Lipinski definition) is 3. The predicted molar refractivity (Wildman–Crippen MR) is 84.1 cm³/mol. The third-order valence-corrected chi connectivity index (χ3v) is 4.25. The van der Waals surface area contributed by atoms with Crippen LogP contribution in [0.25, 0.3) is 0 Å². The van der Waals surface area contributed by atoms with Crippen molar-refractivity contribution in [1.29, 1.82) is 0 Å². The van der Waals surface area contributed by atoms with Gasteiger partial charge in [0.05, 0.1) is 12.0 Å². The molecule has 2 amide bonds. The molecule has 0 unspecified atom stereocenters. The molecule has 0 aliphatic carbocycles. The van der Waals surface area contributed by atoms with Crippen LogP contribution >= 0.6 is 0 Å². The molecule has 0 saturated carbocycles. The molecule has 2 atom stereocenters. The van der Waals surface area contributed by atoms with Crippen molar-refractivity contribution in [1.82, 2.24) is 10.2 Å². The van der Waals surface area contributed by atoms with Crippen LogP contribution < -0.4 is 5.32 Å². The molecule has 1 N–H and O–H groups in total. The van der Waals surface area contributed by atoms with Gasteiger partial charge in [0, 0.05) is 39.3 Å². The number of piperidine rings is 1. The first-order chi connectivity index (χ1) is 11.1. The highest BCUT2D eigenvalue weighted by atomic mass is 19.1. The first kappa shape index (κ1) is 17.4. The second-order valence-electron chi connectivity index (χ2n) is 5.75. The Labute approximate surface area is 135 Å². The van der Waals surface area contributed by atoms with Crippen molar-refractivity contribution in [2.24, 2.45) is 5.92 Å². The molecule has 6 heteroatoms. The zero-order valence-corrected chi connectivity index (χ0v) is 13.5. The summed E-state index contributed by atoms with van der Waals surface area (Å²) in [6.45, 7) is 1.07. The lowest BCUT2D eigenvalue weighted by Gasteiger charge is -2.38. The van der Waals surface area contributed by atoms with E-state index < -0.39 is 17.8 Å². The van der Waals surface area contributed by atoms with E-state index in [1.54, 1.807) is 32.4 Å². The molecule has 23 heavy (non-hydrogen) atoms. The van der Waals surface area contributed by atoms with Crippen LogP contribution in [0.2, 0.25) is 0 Å². The van der Waals surface area contributed by atoms with E-state index >= 15 is 0 Å². The van der Waals surface area contributed by atoms with E-state index in [1.807, 2.05) is 0 Å². The molecule has 2 rings (SSSR count). The van der Waals surface area contributed by atoms with Crippen LogP contribution in [0, 0.1) is 11.7 Å². The lowest BCUT2D eigenvalue weighted by Crippen LogP contribution is -2.46. The monoisotopic (exact) mass is 322 g/mol. The topological polar surface area (TPSA) is 58.6 Å². The average molecular weight is 322 g/mol. The van der Waals surface area contributed by atoms with Crippen molar-refractivity contribution < 1.29 is 18.7 Å². The predicted octanol–water partition coefficient (Wildman–Crippen LogP) is 1.89. The van der Waals surface area contributed by atoms with Crippen LogP contribution in [-0.2, 0) is 14.3 Å². The van der Waals surface area contributed by atoms with Gasteiger partial charge in [-0.2, -0.15) is 0 Å². The summed E-state index contributed by atoms with van der Waals surface area (Å²) in [5, 5.41) is 2.86. The van der Waals surface area contributed by atoms with E-state index in [2.05, 4.69) is 5.32 Å². The summed E-state index contributed by atoms with van der Waals surface area (Å²) in [4.78, 5) is 26.0. The normalized spacial score (nSPS) is 21.3. The van der Waals surface area contributed by atoms with Gasteiger partial charge in [-0.3, -0.25) is 9.59 Å². The molecule has 1 aromatic carbocycles. The zero-order valence-electron chi connectivity index (χ0n) is 13.5. The Hall–Kier alpha value is -1.95. The Bertz CT molecular complexity index is 565. The van der Waals surface area contributed by atoms with Crippen molar-refractivity contribution in [3.63, 3.8) is 0 Å². The molecule has 1 aromatic rings. The summed E-state index contributed by atoms with van der Waals surface area (Å²) in [7, 11) is 3.24. The Morgan fingerprint density at radius 2 is 2.17 bits per heavy atom. The van der Waals surface area contributed by atoms with Gasteiger partial charge in [0.2, 0.25) is 11.8 Å². The number of benzene rings is 1. The maximum Gasteiger partial charge on any atom is 0.225 e. The molecule has 0 aromatic heterocycles. The minimum Gasteiger partial charge on any atom is -0.385 e. The van der Waals surface area contributed by atoms with Crippen LogP contribution in [0.15, 0.2) is 24.3 Å². The molecule has 0 radical (unpaired) electrons. The molecule has 0 bridgehead atoms. The Morgan fingerprint density at radius 1 is 1.43 bits per heavy atom. The minimum absolute atomic E-state index is 0.0679.